The molecular formula is C13H20N4O5S2. The Labute approximate surface area is 147 Å². The maximum atomic E-state index is 10.5. The minimum atomic E-state index is -1.69. The van der Waals surface area contributed by atoms with E-state index in [0.29, 0.717) is 21.6 Å². The SMILES string of the molecule is CCS[C@H]([C@H](O)[C@H](O)[C@H](O)[C@H](O)CO)n1cnc2c(=S)nc[nH]c21. The van der Waals surface area contributed by atoms with Gasteiger partial charge in [-0.3, -0.25) is 0 Å². The van der Waals surface area contributed by atoms with Crippen molar-refractivity contribution < 1.29 is 25.5 Å². The summed E-state index contributed by atoms with van der Waals surface area (Å²) in [6.07, 6.45) is -3.49. The van der Waals surface area contributed by atoms with Gasteiger partial charge in [0.1, 0.15) is 41.0 Å². The van der Waals surface area contributed by atoms with Crippen LogP contribution in [0.3, 0.4) is 0 Å². The summed E-state index contributed by atoms with van der Waals surface area (Å²) in [5, 5.41) is 48.1. The quantitative estimate of drug-likeness (QED) is 0.325. The molecule has 2 rings (SSSR count). The van der Waals surface area contributed by atoms with Crippen LogP contribution in [0.1, 0.15) is 12.3 Å². The Kier molecular flexibility index (Phi) is 6.69. The van der Waals surface area contributed by atoms with E-state index >= 15 is 0 Å². The molecule has 0 aromatic carbocycles. The molecule has 2 heterocycles. The van der Waals surface area contributed by atoms with Gasteiger partial charge in [-0.1, -0.05) is 19.1 Å². The van der Waals surface area contributed by atoms with Gasteiger partial charge in [-0.2, -0.15) is 0 Å². The molecule has 0 unspecified atom stereocenters. The number of aromatic nitrogens is 4. The van der Waals surface area contributed by atoms with Crippen molar-refractivity contribution in [2.75, 3.05) is 12.4 Å². The first-order valence-corrected chi connectivity index (χ1v) is 8.73. The predicted octanol–water partition coefficient (Wildman–Crippen LogP) is -0.824. The van der Waals surface area contributed by atoms with Gasteiger partial charge < -0.3 is 35.1 Å². The summed E-state index contributed by atoms with van der Waals surface area (Å²) in [6.45, 7) is 1.14. The van der Waals surface area contributed by atoms with Crippen LogP contribution < -0.4 is 0 Å². The van der Waals surface area contributed by atoms with Crippen LogP contribution in [-0.4, -0.2) is 81.8 Å². The maximum absolute atomic E-state index is 10.5. The summed E-state index contributed by atoms with van der Waals surface area (Å²) in [5.74, 6) is 0.610. The lowest BCUT2D eigenvalue weighted by molar-refractivity contribution is -0.118. The molecule has 24 heavy (non-hydrogen) atoms. The smallest absolute Gasteiger partial charge is 0.157 e. The molecule has 0 amide bonds. The Hall–Kier alpha value is -1.08. The van der Waals surface area contributed by atoms with Gasteiger partial charge >= 0.3 is 0 Å². The molecule has 0 aliphatic rings. The summed E-state index contributed by atoms with van der Waals surface area (Å²) in [4.78, 5) is 11.0. The number of aromatic amines is 1. The van der Waals surface area contributed by atoms with Crippen molar-refractivity contribution in [1.82, 2.24) is 19.5 Å². The molecule has 0 aliphatic carbocycles. The summed E-state index contributed by atoms with van der Waals surface area (Å²) in [6, 6.07) is 0. The minimum absolute atomic E-state index is 0.300. The van der Waals surface area contributed by atoms with Crippen molar-refractivity contribution in [1.29, 1.82) is 0 Å². The second kappa shape index (κ2) is 8.34. The molecule has 0 radical (unpaired) electrons. The lowest BCUT2D eigenvalue weighted by Gasteiger charge is -2.31. The number of thioether (sulfide) groups is 1. The molecule has 5 atom stereocenters. The number of hydrogen-bond donors (Lipinski definition) is 6. The first kappa shape index (κ1) is 19.2. The molecule has 6 N–H and O–H groups in total. The normalized spacial score (nSPS) is 18.2. The number of aliphatic hydroxyl groups is 5. The lowest BCUT2D eigenvalue weighted by atomic mass is 10.0. The third-order valence-electron chi connectivity index (χ3n) is 3.56. The van der Waals surface area contributed by atoms with Crippen molar-refractivity contribution >= 4 is 35.1 Å². The fourth-order valence-corrected chi connectivity index (χ4v) is 3.51. The zero-order chi connectivity index (χ0) is 17.9. The van der Waals surface area contributed by atoms with Gasteiger partial charge in [0.25, 0.3) is 0 Å². The Balaban J connectivity index is 2.37. The fourth-order valence-electron chi connectivity index (χ4n) is 2.29. The van der Waals surface area contributed by atoms with Gasteiger partial charge in [0.05, 0.1) is 19.3 Å². The van der Waals surface area contributed by atoms with Gasteiger partial charge in [0, 0.05) is 0 Å². The molecule has 0 bridgehead atoms. The molecule has 9 nitrogen and oxygen atoms in total. The lowest BCUT2D eigenvalue weighted by Crippen LogP contribution is -2.48. The molecule has 2 aromatic rings. The van der Waals surface area contributed by atoms with Gasteiger partial charge in [0.15, 0.2) is 4.64 Å². The van der Waals surface area contributed by atoms with Crippen molar-refractivity contribution in [3.8, 4) is 0 Å². The van der Waals surface area contributed by atoms with E-state index in [2.05, 4.69) is 15.0 Å². The fraction of sp³-hybridized carbons (Fsp3) is 0.615. The van der Waals surface area contributed by atoms with E-state index in [0.717, 1.165) is 0 Å². The highest BCUT2D eigenvalue weighted by Gasteiger charge is 2.36. The molecule has 134 valence electrons. The minimum Gasteiger partial charge on any atom is -0.394 e. The van der Waals surface area contributed by atoms with Gasteiger partial charge in [-0.05, 0) is 5.75 Å². The number of imidazole rings is 1. The van der Waals surface area contributed by atoms with Gasteiger partial charge in [0.2, 0.25) is 0 Å². The van der Waals surface area contributed by atoms with E-state index in [9.17, 15) is 20.4 Å². The van der Waals surface area contributed by atoms with E-state index in [1.54, 1.807) is 4.57 Å². The average Bonchev–Trinajstić information content (AvgIpc) is 3.02. The Bertz CT molecular complexity index is 724. The van der Waals surface area contributed by atoms with Crippen LogP contribution in [-0.2, 0) is 0 Å². The third-order valence-corrected chi connectivity index (χ3v) is 5.04. The molecule has 0 saturated heterocycles. The number of fused-ring (bicyclic) bond motifs is 1. The van der Waals surface area contributed by atoms with E-state index in [1.165, 1.54) is 24.4 Å². The predicted molar refractivity (Wildman–Crippen MR) is 91.0 cm³/mol. The van der Waals surface area contributed by atoms with Crippen LogP contribution >= 0.6 is 24.0 Å². The third kappa shape index (κ3) is 3.77. The van der Waals surface area contributed by atoms with Crippen LogP contribution in [0.5, 0.6) is 0 Å². The van der Waals surface area contributed by atoms with Crippen LogP contribution in [0.15, 0.2) is 12.7 Å². The topological polar surface area (TPSA) is 148 Å². The summed E-state index contributed by atoms with van der Waals surface area (Å²) in [5.41, 5.74) is 0.969. The zero-order valence-electron chi connectivity index (χ0n) is 12.8. The van der Waals surface area contributed by atoms with Crippen LogP contribution in [0.4, 0.5) is 0 Å². The first-order valence-electron chi connectivity index (χ1n) is 7.27. The molecular weight excluding hydrogens is 356 g/mol. The standard InChI is InChI=1S/C13H20N4O5S2/c1-2-24-13(10(22)9(21)8(20)6(19)3-18)17-5-16-7-11(17)14-4-15-12(7)23/h4-6,8-10,13,18-22H,2-3H2,1H3,(H,14,15,23)/t6-,8-,9-,10-,13-/m1/s1. The number of hydrogen-bond acceptors (Lipinski definition) is 9. The molecule has 0 fully saturated rings. The van der Waals surface area contributed by atoms with E-state index in [1.807, 2.05) is 6.92 Å². The summed E-state index contributed by atoms with van der Waals surface area (Å²) < 4.78 is 1.89. The number of nitrogens with zero attached hydrogens (tertiary/aromatic N) is 3. The van der Waals surface area contributed by atoms with E-state index in [-0.39, 0.29) is 0 Å². The van der Waals surface area contributed by atoms with Crippen molar-refractivity contribution in [3.05, 3.63) is 17.3 Å². The van der Waals surface area contributed by atoms with Crippen molar-refractivity contribution in [2.24, 2.45) is 0 Å². The van der Waals surface area contributed by atoms with Crippen LogP contribution in [0, 0.1) is 4.64 Å². The highest BCUT2D eigenvalue weighted by Crippen LogP contribution is 2.31. The Morgan fingerprint density at radius 1 is 1.21 bits per heavy atom. The van der Waals surface area contributed by atoms with Crippen molar-refractivity contribution in [2.45, 2.75) is 36.7 Å². The largest absolute Gasteiger partial charge is 0.394 e. The first-order chi connectivity index (χ1) is 11.4. The molecule has 0 saturated carbocycles. The maximum Gasteiger partial charge on any atom is 0.157 e. The Morgan fingerprint density at radius 2 is 1.92 bits per heavy atom. The number of aliphatic hydroxyl groups excluding tert-OH is 5. The highest BCUT2D eigenvalue weighted by atomic mass is 32.2. The second-order valence-corrected chi connectivity index (χ2v) is 6.90. The molecule has 0 spiro atoms. The number of rotatable bonds is 8. The average molecular weight is 376 g/mol. The monoisotopic (exact) mass is 376 g/mol. The Morgan fingerprint density at radius 3 is 2.54 bits per heavy atom. The molecule has 0 aliphatic heterocycles. The van der Waals surface area contributed by atoms with Crippen molar-refractivity contribution in [3.63, 3.8) is 0 Å². The highest BCUT2D eigenvalue weighted by molar-refractivity contribution is 7.99. The van der Waals surface area contributed by atoms with Gasteiger partial charge in [-0.15, -0.1) is 11.8 Å². The number of H-pyrrole nitrogens is 1. The zero-order valence-corrected chi connectivity index (χ0v) is 14.5. The van der Waals surface area contributed by atoms with Gasteiger partial charge in [-0.25, -0.2) is 9.97 Å². The van der Waals surface area contributed by atoms with E-state index in [4.69, 9.17) is 17.3 Å². The number of nitrogens with one attached hydrogen (secondary N) is 1. The molecule has 11 heteroatoms. The summed E-state index contributed by atoms with van der Waals surface area (Å²) in [7, 11) is 0. The van der Waals surface area contributed by atoms with Crippen LogP contribution in [0.25, 0.3) is 11.2 Å². The van der Waals surface area contributed by atoms with E-state index < -0.39 is 36.4 Å². The second-order valence-electron chi connectivity index (χ2n) is 5.12. The van der Waals surface area contributed by atoms with Crippen LogP contribution in [0.2, 0.25) is 0 Å². The summed E-state index contributed by atoms with van der Waals surface area (Å²) >= 11 is 6.41. The molecule has 2 aromatic heterocycles.